The van der Waals surface area contributed by atoms with Gasteiger partial charge < -0.3 is 43.7 Å². The molecule has 3 aromatic rings. The first-order chi connectivity index (χ1) is 20.8. The smallest absolute Gasteiger partial charge is 0.338 e. The standard InChI is InChI=1S/C31H30O12/c32-21-16-38-30(37)25(23(21)33)43-31-26(42-29(36)20-14-8-3-9-15-20)24(41-28(35)19-12-6-2-7-13-19)22(40-31)17-39-27(34)18-10-4-1-5-11-18/h1-15,21-26,30-33,37H,16-17H2/t21-,22+,23+,24+,25-,26-,30-,31+/m1/s1. The number of ether oxygens (including phenoxy) is 6. The van der Waals surface area contributed by atoms with Crippen molar-refractivity contribution in [2.75, 3.05) is 13.2 Å². The molecular formula is C31H30O12. The Kier molecular flexibility index (Phi) is 9.77. The maximum Gasteiger partial charge on any atom is 0.338 e. The van der Waals surface area contributed by atoms with E-state index in [-0.39, 0.29) is 23.3 Å². The molecule has 2 fully saturated rings. The fraction of sp³-hybridized carbons (Fsp3) is 0.323. The summed E-state index contributed by atoms with van der Waals surface area (Å²) in [5, 5.41) is 30.9. The summed E-state index contributed by atoms with van der Waals surface area (Å²) in [6, 6.07) is 24.2. The number of carbonyl (C=O) groups excluding carboxylic acids is 3. The van der Waals surface area contributed by atoms with Crippen LogP contribution in [-0.4, -0.2) is 95.6 Å². The van der Waals surface area contributed by atoms with E-state index in [1.807, 2.05) is 0 Å². The summed E-state index contributed by atoms with van der Waals surface area (Å²) >= 11 is 0. The highest BCUT2D eigenvalue weighted by atomic mass is 16.8. The lowest BCUT2D eigenvalue weighted by Gasteiger charge is -2.37. The van der Waals surface area contributed by atoms with Crippen molar-refractivity contribution in [3.8, 4) is 0 Å². The van der Waals surface area contributed by atoms with E-state index >= 15 is 0 Å². The molecule has 0 aromatic heterocycles. The van der Waals surface area contributed by atoms with E-state index in [2.05, 4.69) is 0 Å². The van der Waals surface area contributed by atoms with Gasteiger partial charge in [0.1, 0.15) is 31.0 Å². The van der Waals surface area contributed by atoms with Crippen molar-refractivity contribution in [2.45, 2.75) is 49.2 Å². The molecule has 5 rings (SSSR count). The predicted octanol–water partition coefficient (Wildman–Crippen LogP) is 1.48. The van der Waals surface area contributed by atoms with Crippen molar-refractivity contribution in [2.24, 2.45) is 0 Å². The third-order valence-corrected chi connectivity index (χ3v) is 6.90. The minimum Gasteiger partial charge on any atom is -0.459 e. The zero-order chi connectivity index (χ0) is 30.3. The Bertz CT molecular complexity index is 1370. The fourth-order valence-corrected chi connectivity index (χ4v) is 4.63. The molecule has 12 heteroatoms. The molecule has 0 radical (unpaired) electrons. The van der Waals surface area contributed by atoms with Crippen molar-refractivity contribution >= 4 is 17.9 Å². The highest BCUT2D eigenvalue weighted by Gasteiger charge is 2.53. The molecule has 226 valence electrons. The van der Waals surface area contributed by atoms with Crippen molar-refractivity contribution < 1.29 is 58.1 Å². The fourth-order valence-electron chi connectivity index (χ4n) is 4.63. The molecule has 0 unspecified atom stereocenters. The van der Waals surface area contributed by atoms with Crippen LogP contribution in [0.4, 0.5) is 0 Å². The van der Waals surface area contributed by atoms with Gasteiger partial charge in [-0.2, -0.15) is 0 Å². The van der Waals surface area contributed by atoms with Gasteiger partial charge in [-0.15, -0.1) is 0 Å². The lowest BCUT2D eigenvalue weighted by Crippen LogP contribution is -2.56. The Morgan fingerprint density at radius 1 is 0.674 bits per heavy atom. The first-order valence-electron chi connectivity index (χ1n) is 13.5. The van der Waals surface area contributed by atoms with Crippen LogP contribution < -0.4 is 0 Å². The van der Waals surface area contributed by atoms with Crippen LogP contribution in [0.5, 0.6) is 0 Å². The van der Waals surface area contributed by atoms with Gasteiger partial charge in [0, 0.05) is 0 Å². The van der Waals surface area contributed by atoms with Crippen molar-refractivity contribution in [1.82, 2.24) is 0 Å². The monoisotopic (exact) mass is 594 g/mol. The summed E-state index contributed by atoms with van der Waals surface area (Å²) in [5.74, 6) is -2.29. The van der Waals surface area contributed by atoms with E-state index in [0.717, 1.165) is 0 Å². The lowest BCUT2D eigenvalue weighted by molar-refractivity contribution is -0.306. The van der Waals surface area contributed by atoms with E-state index < -0.39 is 73.7 Å². The molecule has 0 bridgehead atoms. The number of benzene rings is 3. The van der Waals surface area contributed by atoms with E-state index in [9.17, 15) is 29.7 Å². The maximum atomic E-state index is 13.2. The van der Waals surface area contributed by atoms with Crippen LogP contribution in [0.15, 0.2) is 91.0 Å². The molecule has 3 aromatic carbocycles. The van der Waals surface area contributed by atoms with Crippen LogP contribution in [0.25, 0.3) is 0 Å². The van der Waals surface area contributed by atoms with Crippen LogP contribution in [0, 0.1) is 0 Å². The number of hydrogen-bond acceptors (Lipinski definition) is 12. The lowest BCUT2D eigenvalue weighted by atomic mass is 10.0. The minimum absolute atomic E-state index is 0.171. The van der Waals surface area contributed by atoms with Crippen LogP contribution in [0.3, 0.4) is 0 Å². The van der Waals surface area contributed by atoms with Crippen LogP contribution >= 0.6 is 0 Å². The van der Waals surface area contributed by atoms with Gasteiger partial charge in [0.15, 0.2) is 24.8 Å². The van der Waals surface area contributed by atoms with Crippen molar-refractivity contribution in [3.63, 3.8) is 0 Å². The Balaban J connectivity index is 1.44. The summed E-state index contributed by atoms with van der Waals surface area (Å²) in [6.45, 7) is -0.801. The third kappa shape index (κ3) is 7.25. The van der Waals surface area contributed by atoms with Gasteiger partial charge in [-0.25, -0.2) is 14.4 Å². The molecular weight excluding hydrogens is 564 g/mol. The Labute approximate surface area is 246 Å². The predicted molar refractivity (Wildman–Crippen MR) is 146 cm³/mol. The molecule has 0 aliphatic carbocycles. The second-order valence-electron chi connectivity index (χ2n) is 9.86. The summed E-state index contributed by atoms with van der Waals surface area (Å²) in [4.78, 5) is 39.0. The average molecular weight is 595 g/mol. The van der Waals surface area contributed by atoms with Gasteiger partial charge >= 0.3 is 17.9 Å². The van der Waals surface area contributed by atoms with Crippen LogP contribution in [0.1, 0.15) is 31.1 Å². The van der Waals surface area contributed by atoms with E-state index in [0.29, 0.717) is 0 Å². The largest absolute Gasteiger partial charge is 0.459 e. The van der Waals surface area contributed by atoms with Crippen molar-refractivity contribution in [3.05, 3.63) is 108 Å². The summed E-state index contributed by atoms with van der Waals surface area (Å²) in [7, 11) is 0. The quantitative estimate of drug-likeness (QED) is 0.242. The number of aliphatic hydroxyl groups is 3. The molecule has 2 heterocycles. The molecule has 8 atom stereocenters. The summed E-state index contributed by atoms with van der Waals surface area (Å²) < 4.78 is 33.8. The third-order valence-electron chi connectivity index (χ3n) is 6.90. The highest BCUT2D eigenvalue weighted by Crippen LogP contribution is 2.32. The molecule has 2 aliphatic heterocycles. The van der Waals surface area contributed by atoms with Crippen LogP contribution in [-0.2, 0) is 28.4 Å². The zero-order valence-corrected chi connectivity index (χ0v) is 22.7. The summed E-state index contributed by atoms with van der Waals surface area (Å²) in [5.41, 5.74) is 0.622. The van der Waals surface area contributed by atoms with Gasteiger partial charge in [0.2, 0.25) is 0 Å². The van der Waals surface area contributed by atoms with Gasteiger partial charge in [0.25, 0.3) is 0 Å². The molecule has 3 N–H and O–H groups in total. The van der Waals surface area contributed by atoms with E-state index in [4.69, 9.17) is 28.4 Å². The molecule has 2 saturated heterocycles. The Hall–Kier alpha value is -4.17. The summed E-state index contributed by atoms with van der Waals surface area (Å²) in [6.07, 6.45) is -11.8. The average Bonchev–Trinajstić information content (AvgIpc) is 3.35. The second-order valence-corrected chi connectivity index (χ2v) is 9.86. The molecule has 12 nitrogen and oxygen atoms in total. The highest BCUT2D eigenvalue weighted by molar-refractivity contribution is 5.91. The number of carbonyl (C=O) groups is 3. The van der Waals surface area contributed by atoms with Crippen LogP contribution in [0.2, 0.25) is 0 Å². The molecule has 43 heavy (non-hydrogen) atoms. The van der Waals surface area contributed by atoms with Gasteiger partial charge in [-0.05, 0) is 36.4 Å². The molecule has 2 aliphatic rings. The topological polar surface area (TPSA) is 167 Å². The molecule has 0 saturated carbocycles. The zero-order valence-electron chi connectivity index (χ0n) is 22.7. The second kappa shape index (κ2) is 13.9. The van der Waals surface area contributed by atoms with Gasteiger partial charge in [-0.3, -0.25) is 0 Å². The number of aliphatic hydroxyl groups excluding tert-OH is 3. The number of hydrogen-bond donors (Lipinski definition) is 3. The normalized spacial score (nSPS) is 28.5. The Morgan fingerprint density at radius 2 is 1.16 bits per heavy atom. The van der Waals surface area contributed by atoms with Crippen molar-refractivity contribution in [1.29, 1.82) is 0 Å². The van der Waals surface area contributed by atoms with E-state index in [1.54, 1.807) is 66.7 Å². The number of esters is 3. The molecule has 0 spiro atoms. The Morgan fingerprint density at radius 3 is 1.70 bits per heavy atom. The van der Waals surface area contributed by atoms with E-state index in [1.165, 1.54) is 24.3 Å². The SMILES string of the molecule is O=C(OC[C@@H]1O[C@@H](O[C@@H]2[C@@H](O)[C@H](O)CO[C@H]2O)[C@H](OC(=O)c2ccccc2)[C@H]1OC(=O)c1ccccc1)c1ccccc1. The first kappa shape index (κ1) is 30.3. The molecule has 0 amide bonds. The van der Waals surface area contributed by atoms with Gasteiger partial charge in [0.05, 0.1) is 23.3 Å². The first-order valence-corrected chi connectivity index (χ1v) is 13.5. The maximum absolute atomic E-state index is 13.2. The minimum atomic E-state index is -1.67. The number of rotatable bonds is 9. The van der Waals surface area contributed by atoms with Gasteiger partial charge in [-0.1, -0.05) is 54.6 Å².